The molecule has 1 aromatic carbocycles. The predicted octanol–water partition coefficient (Wildman–Crippen LogP) is 1.95. The van der Waals surface area contributed by atoms with Crippen LogP contribution in [-0.4, -0.2) is 54.6 Å². The molecule has 1 N–H and O–H groups in total. The molecule has 0 bridgehead atoms. The lowest BCUT2D eigenvalue weighted by Crippen LogP contribution is -2.36. The fourth-order valence-corrected chi connectivity index (χ4v) is 2.03. The molecule has 0 fully saturated rings. The number of aliphatic carboxylic acids is 1. The normalized spacial score (nSPS) is 10.7. The zero-order valence-corrected chi connectivity index (χ0v) is 13.1. The van der Waals surface area contributed by atoms with Crippen molar-refractivity contribution in [3.63, 3.8) is 0 Å². The fraction of sp³-hybridized carbons (Fsp3) is 0.417. The smallest absolute Gasteiger partial charge is 0.323 e. The highest BCUT2D eigenvalue weighted by molar-refractivity contribution is 9.10. The number of hydrogen-bond acceptors (Lipinski definition) is 5. The Hall–Kier alpha value is -1.74. The number of nitro benzene ring substituents is 1. The first-order chi connectivity index (χ1) is 9.72. The van der Waals surface area contributed by atoms with Gasteiger partial charge in [0.1, 0.15) is 18.0 Å². The van der Waals surface area contributed by atoms with E-state index in [2.05, 4.69) is 15.9 Å². The molecule has 0 aliphatic rings. The quantitative estimate of drug-likeness (QED) is 0.588. The third kappa shape index (κ3) is 4.94. The summed E-state index contributed by atoms with van der Waals surface area (Å²) in [6.07, 6.45) is 0. The Bertz CT molecular complexity index is 554. The molecule has 0 amide bonds. The monoisotopic (exact) mass is 363 g/mol. The van der Waals surface area contributed by atoms with E-state index >= 15 is 0 Å². The van der Waals surface area contributed by atoms with E-state index in [4.69, 9.17) is 5.11 Å². The summed E-state index contributed by atoms with van der Waals surface area (Å²) in [5.74, 6) is -1.83. The summed E-state index contributed by atoms with van der Waals surface area (Å²) in [6, 6.07) is 2.01. The van der Waals surface area contributed by atoms with Gasteiger partial charge in [-0.2, -0.15) is 0 Å². The van der Waals surface area contributed by atoms with Gasteiger partial charge in [0.25, 0.3) is 5.69 Å². The molecule has 0 aliphatic carbocycles. The summed E-state index contributed by atoms with van der Waals surface area (Å²) in [5.41, 5.74) is -0.395. The maximum atomic E-state index is 13.7. The van der Waals surface area contributed by atoms with Crippen molar-refractivity contribution < 1.29 is 19.2 Å². The number of carboxylic acid groups (broad SMARTS) is 1. The van der Waals surface area contributed by atoms with Crippen molar-refractivity contribution in [2.24, 2.45) is 0 Å². The predicted molar refractivity (Wildman–Crippen MR) is 79.2 cm³/mol. The van der Waals surface area contributed by atoms with E-state index in [1.807, 2.05) is 0 Å². The van der Waals surface area contributed by atoms with E-state index in [9.17, 15) is 19.3 Å². The number of nitro groups is 1. The van der Waals surface area contributed by atoms with E-state index in [1.54, 1.807) is 19.0 Å². The lowest BCUT2D eigenvalue weighted by Gasteiger charge is -2.24. The second-order valence-corrected chi connectivity index (χ2v) is 5.49. The molecule has 116 valence electrons. The first-order valence-electron chi connectivity index (χ1n) is 5.97. The minimum atomic E-state index is -1.15. The van der Waals surface area contributed by atoms with Crippen LogP contribution in [-0.2, 0) is 4.79 Å². The molecular weight excluding hydrogens is 349 g/mol. The molecule has 9 heteroatoms. The van der Waals surface area contributed by atoms with Gasteiger partial charge in [0.2, 0.25) is 0 Å². The molecule has 0 atom stereocenters. The Balaban J connectivity index is 3.24. The van der Waals surface area contributed by atoms with Crippen LogP contribution in [0.4, 0.5) is 15.8 Å². The van der Waals surface area contributed by atoms with Crippen molar-refractivity contribution in [3.05, 3.63) is 32.5 Å². The van der Waals surface area contributed by atoms with Crippen LogP contribution in [0.2, 0.25) is 0 Å². The van der Waals surface area contributed by atoms with Crippen molar-refractivity contribution in [1.82, 2.24) is 4.90 Å². The maximum Gasteiger partial charge on any atom is 0.323 e. The average Bonchev–Trinajstić information content (AvgIpc) is 2.36. The van der Waals surface area contributed by atoms with Crippen LogP contribution in [0, 0.1) is 15.9 Å². The van der Waals surface area contributed by atoms with Crippen molar-refractivity contribution in [2.75, 3.05) is 38.6 Å². The van der Waals surface area contributed by atoms with Crippen LogP contribution in [0.3, 0.4) is 0 Å². The Kier molecular flexibility index (Phi) is 6.03. The van der Waals surface area contributed by atoms with Crippen LogP contribution in [0.25, 0.3) is 0 Å². The van der Waals surface area contributed by atoms with Crippen LogP contribution >= 0.6 is 15.9 Å². The van der Waals surface area contributed by atoms with Gasteiger partial charge in [-0.15, -0.1) is 0 Å². The zero-order valence-electron chi connectivity index (χ0n) is 11.5. The number of benzene rings is 1. The number of anilines is 1. The summed E-state index contributed by atoms with van der Waals surface area (Å²) >= 11 is 2.89. The molecule has 0 saturated carbocycles. The van der Waals surface area contributed by atoms with E-state index in [1.165, 1.54) is 4.90 Å². The van der Waals surface area contributed by atoms with E-state index < -0.39 is 23.3 Å². The van der Waals surface area contributed by atoms with Crippen LogP contribution in [0.5, 0.6) is 0 Å². The minimum absolute atomic E-state index is 0.0409. The molecule has 7 nitrogen and oxygen atoms in total. The van der Waals surface area contributed by atoms with Crippen molar-refractivity contribution in [1.29, 1.82) is 0 Å². The topological polar surface area (TPSA) is 86.9 Å². The van der Waals surface area contributed by atoms with Crippen LogP contribution in [0.15, 0.2) is 16.6 Å². The van der Waals surface area contributed by atoms with Gasteiger partial charge < -0.3 is 14.9 Å². The van der Waals surface area contributed by atoms with E-state index in [-0.39, 0.29) is 22.4 Å². The van der Waals surface area contributed by atoms with Crippen molar-refractivity contribution in [2.45, 2.75) is 0 Å². The number of hydrogen-bond donors (Lipinski definition) is 1. The Labute approximate surface area is 129 Å². The summed E-state index contributed by atoms with van der Waals surface area (Å²) < 4.78 is 13.6. The molecule has 0 aromatic heterocycles. The highest BCUT2D eigenvalue weighted by Gasteiger charge is 2.23. The molecule has 0 aliphatic heterocycles. The molecular formula is C12H15BrFN3O4. The summed E-state index contributed by atoms with van der Waals surface area (Å²) in [6.45, 7) is 0.249. The molecule has 21 heavy (non-hydrogen) atoms. The van der Waals surface area contributed by atoms with E-state index in [0.717, 1.165) is 12.1 Å². The zero-order chi connectivity index (χ0) is 16.2. The van der Waals surface area contributed by atoms with E-state index in [0.29, 0.717) is 6.54 Å². The largest absolute Gasteiger partial charge is 0.480 e. The molecule has 1 rings (SSSR count). The standard InChI is InChI=1S/C12H15BrFN3O4/c1-15(2)3-4-16(7-12(18)19)10-6-9(14)8(13)5-11(10)17(20)21/h5-6H,3-4,7H2,1-2H3,(H,18,19). The maximum absolute atomic E-state index is 13.7. The lowest BCUT2D eigenvalue weighted by atomic mass is 10.2. The number of carbonyl (C=O) groups is 1. The van der Waals surface area contributed by atoms with Gasteiger partial charge in [-0.25, -0.2) is 4.39 Å². The molecule has 0 saturated heterocycles. The van der Waals surface area contributed by atoms with Gasteiger partial charge in [0, 0.05) is 25.2 Å². The fourth-order valence-electron chi connectivity index (χ4n) is 1.69. The first kappa shape index (κ1) is 17.3. The Morgan fingerprint density at radius 2 is 2.05 bits per heavy atom. The molecule has 0 unspecified atom stereocenters. The first-order valence-corrected chi connectivity index (χ1v) is 6.76. The van der Waals surface area contributed by atoms with Crippen molar-refractivity contribution in [3.8, 4) is 0 Å². The molecule has 0 heterocycles. The van der Waals surface area contributed by atoms with Crippen LogP contribution in [0.1, 0.15) is 0 Å². The Morgan fingerprint density at radius 3 is 2.52 bits per heavy atom. The number of carboxylic acids is 1. The second-order valence-electron chi connectivity index (χ2n) is 4.63. The number of likely N-dealkylation sites (N-methyl/N-ethyl adjacent to an activating group) is 1. The van der Waals surface area contributed by atoms with Gasteiger partial charge >= 0.3 is 5.97 Å². The minimum Gasteiger partial charge on any atom is -0.480 e. The molecule has 0 spiro atoms. The van der Waals surface area contributed by atoms with Gasteiger partial charge in [-0.05, 0) is 30.0 Å². The number of nitrogens with zero attached hydrogens (tertiary/aromatic N) is 3. The van der Waals surface area contributed by atoms with Gasteiger partial charge in [0.05, 0.1) is 9.40 Å². The van der Waals surface area contributed by atoms with Gasteiger partial charge in [-0.3, -0.25) is 14.9 Å². The molecule has 0 radical (unpaired) electrons. The summed E-state index contributed by atoms with van der Waals surface area (Å²) in [7, 11) is 3.57. The summed E-state index contributed by atoms with van der Waals surface area (Å²) in [5, 5.41) is 20.0. The average molecular weight is 364 g/mol. The highest BCUT2D eigenvalue weighted by atomic mass is 79.9. The van der Waals surface area contributed by atoms with Gasteiger partial charge in [-0.1, -0.05) is 0 Å². The lowest BCUT2D eigenvalue weighted by molar-refractivity contribution is -0.384. The molecule has 1 aromatic rings. The SMILES string of the molecule is CN(C)CCN(CC(=O)O)c1cc(F)c(Br)cc1[N+](=O)[O-]. The number of halogens is 2. The summed E-state index contributed by atoms with van der Waals surface area (Å²) in [4.78, 5) is 24.4. The van der Waals surface area contributed by atoms with Gasteiger partial charge in [0.15, 0.2) is 0 Å². The third-order valence-electron chi connectivity index (χ3n) is 2.70. The highest BCUT2D eigenvalue weighted by Crippen LogP contribution is 2.33. The third-order valence-corrected chi connectivity index (χ3v) is 3.31. The number of rotatable bonds is 7. The Morgan fingerprint density at radius 1 is 1.43 bits per heavy atom. The van der Waals surface area contributed by atoms with Crippen molar-refractivity contribution >= 4 is 33.3 Å². The second kappa shape index (κ2) is 7.32. The van der Waals surface area contributed by atoms with Crippen LogP contribution < -0.4 is 4.90 Å².